The number of pyridine rings is 1. The molecule has 5 nitrogen and oxygen atoms in total. The Hall–Kier alpha value is -3.71. The zero-order valence-corrected chi connectivity index (χ0v) is 20.5. The van der Waals surface area contributed by atoms with E-state index in [1.807, 2.05) is 4.90 Å². The standard InChI is InChI=1S/C28H25F5N2O3/c1-38-19-4-5-24-20(15-19)25(23(32)16-34-24)21(30)6-7-28(27(36)37)8-11-35(12-9-28)10-2-3-17-13-18(29)14-22(31)26(17)33/h4-5,13-16,21H,6-12H2,1H3,(H,36,37). The monoisotopic (exact) mass is 532 g/mol. The lowest BCUT2D eigenvalue weighted by atomic mass is 9.74. The minimum absolute atomic E-state index is 0.00990. The maximum atomic E-state index is 15.4. The van der Waals surface area contributed by atoms with Crippen LogP contribution in [0.3, 0.4) is 0 Å². The van der Waals surface area contributed by atoms with Crippen molar-refractivity contribution in [2.75, 3.05) is 26.7 Å². The number of carboxylic acid groups (broad SMARTS) is 1. The fourth-order valence-corrected chi connectivity index (χ4v) is 4.76. The number of alkyl halides is 1. The van der Waals surface area contributed by atoms with E-state index in [0.717, 1.165) is 12.3 Å². The molecule has 2 heterocycles. The minimum Gasteiger partial charge on any atom is -0.497 e. The van der Waals surface area contributed by atoms with Crippen LogP contribution in [0.25, 0.3) is 10.9 Å². The minimum atomic E-state index is -1.76. The number of piperidine rings is 1. The first-order chi connectivity index (χ1) is 18.1. The van der Waals surface area contributed by atoms with Crippen LogP contribution in [0.2, 0.25) is 0 Å². The number of ether oxygens (including phenoxy) is 1. The van der Waals surface area contributed by atoms with Gasteiger partial charge in [0.25, 0.3) is 0 Å². The highest BCUT2D eigenvalue weighted by atomic mass is 19.2. The molecule has 2 aromatic carbocycles. The highest BCUT2D eigenvalue weighted by Crippen LogP contribution is 2.41. The lowest BCUT2D eigenvalue weighted by Crippen LogP contribution is -2.44. The number of methoxy groups -OCH3 is 1. The van der Waals surface area contributed by atoms with Gasteiger partial charge < -0.3 is 9.84 Å². The van der Waals surface area contributed by atoms with E-state index >= 15 is 4.39 Å². The van der Waals surface area contributed by atoms with Gasteiger partial charge >= 0.3 is 5.97 Å². The molecular formula is C28H25F5N2O3. The Bertz CT molecular complexity index is 1410. The van der Waals surface area contributed by atoms with Crippen molar-refractivity contribution < 1.29 is 36.6 Å². The van der Waals surface area contributed by atoms with Crippen molar-refractivity contribution in [1.82, 2.24) is 9.88 Å². The Kier molecular flexibility index (Phi) is 8.17. The average molecular weight is 533 g/mol. The number of hydrogen-bond acceptors (Lipinski definition) is 4. The van der Waals surface area contributed by atoms with Gasteiger partial charge in [-0.25, -0.2) is 22.0 Å². The largest absolute Gasteiger partial charge is 0.497 e. The summed E-state index contributed by atoms with van der Waals surface area (Å²) in [4.78, 5) is 18.0. The molecule has 10 heteroatoms. The zero-order chi connectivity index (χ0) is 27.4. The van der Waals surface area contributed by atoms with Gasteiger partial charge in [0, 0.05) is 30.1 Å². The molecule has 0 spiro atoms. The molecule has 1 atom stereocenters. The van der Waals surface area contributed by atoms with Gasteiger partial charge in [0.2, 0.25) is 0 Å². The van der Waals surface area contributed by atoms with E-state index in [1.54, 1.807) is 12.1 Å². The van der Waals surface area contributed by atoms with Gasteiger partial charge in [-0.3, -0.25) is 14.7 Å². The molecule has 1 unspecified atom stereocenters. The Labute approximate surface area is 216 Å². The number of fused-ring (bicyclic) bond motifs is 1. The van der Waals surface area contributed by atoms with Gasteiger partial charge in [-0.05, 0) is 49.9 Å². The molecule has 38 heavy (non-hydrogen) atoms. The predicted molar refractivity (Wildman–Crippen MR) is 130 cm³/mol. The summed E-state index contributed by atoms with van der Waals surface area (Å²) in [7, 11) is 1.44. The van der Waals surface area contributed by atoms with Gasteiger partial charge in [-0.1, -0.05) is 11.8 Å². The van der Waals surface area contributed by atoms with Crippen LogP contribution >= 0.6 is 0 Å². The van der Waals surface area contributed by atoms with Gasteiger partial charge in [-0.2, -0.15) is 0 Å². The number of rotatable bonds is 7. The van der Waals surface area contributed by atoms with Gasteiger partial charge in [-0.15, -0.1) is 0 Å². The van der Waals surface area contributed by atoms with Crippen LogP contribution in [0, 0.1) is 40.5 Å². The molecule has 0 aliphatic carbocycles. The van der Waals surface area contributed by atoms with Crippen molar-refractivity contribution in [1.29, 1.82) is 0 Å². The number of carboxylic acids is 1. The van der Waals surface area contributed by atoms with Crippen molar-refractivity contribution in [3.8, 4) is 17.6 Å². The van der Waals surface area contributed by atoms with E-state index in [1.165, 1.54) is 13.2 Å². The molecule has 4 rings (SSSR count). The smallest absolute Gasteiger partial charge is 0.309 e. The molecule has 1 saturated heterocycles. The summed E-state index contributed by atoms with van der Waals surface area (Å²) in [5.74, 6) is 0.109. The van der Waals surface area contributed by atoms with E-state index in [9.17, 15) is 27.5 Å². The van der Waals surface area contributed by atoms with Crippen molar-refractivity contribution in [2.24, 2.45) is 5.41 Å². The second kappa shape index (κ2) is 11.4. The molecule has 0 amide bonds. The van der Waals surface area contributed by atoms with E-state index in [2.05, 4.69) is 16.8 Å². The Morgan fingerprint density at radius 1 is 1.16 bits per heavy atom. The molecule has 0 radical (unpaired) electrons. The van der Waals surface area contributed by atoms with E-state index in [-0.39, 0.29) is 43.2 Å². The van der Waals surface area contributed by atoms with Crippen LogP contribution in [-0.4, -0.2) is 47.7 Å². The maximum absolute atomic E-state index is 15.4. The molecule has 0 saturated carbocycles. The third-order valence-corrected chi connectivity index (χ3v) is 7.04. The normalized spacial score (nSPS) is 16.1. The van der Waals surface area contributed by atoms with Crippen molar-refractivity contribution >= 4 is 16.9 Å². The topological polar surface area (TPSA) is 62.7 Å². The molecule has 0 bridgehead atoms. The van der Waals surface area contributed by atoms with Crippen LogP contribution in [0.4, 0.5) is 22.0 Å². The van der Waals surface area contributed by atoms with E-state index < -0.39 is 46.4 Å². The van der Waals surface area contributed by atoms with Crippen molar-refractivity contribution in [3.05, 3.63) is 70.9 Å². The highest BCUT2D eigenvalue weighted by molar-refractivity contribution is 5.84. The number of aliphatic carboxylic acids is 1. The number of aromatic nitrogens is 1. The molecule has 1 fully saturated rings. The maximum Gasteiger partial charge on any atom is 0.309 e. The molecule has 3 aromatic rings. The molecule has 1 aromatic heterocycles. The zero-order valence-electron chi connectivity index (χ0n) is 20.5. The third kappa shape index (κ3) is 5.73. The number of hydrogen-bond donors (Lipinski definition) is 1. The van der Waals surface area contributed by atoms with Gasteiger partial charge in [0.15, 0.2) is 11.6 Å². The van der Waals surface area contributed by atoms with Crippen molar-refractivity contribution in [2.45, 2.75) is 31.9 Å². The predicted octanol–water partition coefficient (Wildman–Crippen LogP) is 5.81. The summed E-state index contributed by atoms with van der Waals surface area (Å²) >= 11 is 0. The van der Waals surface area contributed by atoms with Crippen LogP contribution in [0.1, 0.15) is 43.0 Å². The average Bonchev–Trinajstić information content (AvgIpc) is 2.90. The first kappa shape index (κ1) is 27.3. The molecule has 1 N–H and O–H groups in total. The quantitative estimate of drug-likeness (QED) is 0.237. The van der Waals surface area contributed by atoms with Gasteiger partial charge in [0.1, 0.15) is 23.6 Å². The number of halogens is 5. The second-order valence-electron chi connectivity index (χ2n) is 9.32. The Balaban J connectivity index is 1.42. The summed E-state index contributed by atoms with van der Waals surface area (Å²) in [5, 5.41) is 10.2. The third-order valence-electron chi connectivity index (χ3n) is 7.04. The number of carbonyl (C=O) groups is 1. The second-order valence-corrected chi connectivity index (χ2v) is 9.32. The lowest BCUT2D eigenvalue weighted by molar-refractivity contribution is -0.152. The molecule has 1 aliphatic rings. The molecular weight excluding hydrogens is 507 g/mol. The summed E-state index contributed by atoms with van der Waals surface area (Å²) in [6.07, 6.45) is -0.615. The lowest BCUT2D eigenvalue weighted by Gasteiger charge is -2.38. The van der Waals surface area contributed by atoms with Crippen LogP contribution in [-0.2, 0) is 4.79 Å². The Morgan fingerprint density at radius 2 is 1.89 bits per heavy atom. The van der Waals surface area contributed by atoms with Crippen LogP contribution < -0.4 is 4.74 Å². The van der Waals surface area contributed by atoms with E-state index in [0.29, 0.717) is 30.4 Å². The van der Waals surface area contributed by atoms with E-state index in [4.69, 9.17) is 4.74 Å². The first-order valence-corrected chi connectivity index (χ1v) is 12.0. The summed E-state index contributed by atoms with van der Waals surface area (Å²) < 4.78 is 75.7. The SMILES string of the molecule is COc1ccc2ncc(F)c(C(F)CCC3(C(=O)O)CCN(CC#Cc4cc(F)cc(F)c4F)CC3)c2c1. The number of nitrogens with zero attached hydrogens (tertiary/aromatic N) is 2. The number of benzene rings is 2. The summed E-state index contributed by atoms with van der Waals surface area (Å²) in [6, 6.07) is 5.97. The highest BCUT2D eigenvalue weighted by Gasteiger charge is 2.41. The fraction of sp³-hybridized carbons (Fsp3) is 0.357. The van der Waals surface area contributed by atoms with Crippen LogP contribution in [0.15, 0.2) is 36.5 Å². The van der Waals surface area contributed by atoms with Gasteiger partial charge in [0.05, 0.1) is 36.3 Å². The summed E-state index contributed by atoms with van der Waals surface area (Å²) in [5.41, 5.74) is -1.39. The fourth-order valence-electron chi connectivity index (χ4n) is 4.76. The number of likely N-dealkylation sites (tertiary alicyclic amines) is 1. The van der Waals surface area contributed by atoms with Crippen LogP contribution in [0.5, 0.6) is 5.75 Å². The first-order valence-electron chi connectivity index (χ1n) is 12.0. The van der Waals surface area contributed by atoms with Crippen molar-refractivity contribution in [3.63, 3.8) is 0 Å². The summed E-state index contributed by atoms with van der Waals surface area (Å²) in [6.45, 7) is 0.776. The molecule has 1 aliphatic heterocycles. The molecule has 200 valence electrons. The Morgan fingerprint density at radius 3 is 2.58 bits per heavy atom.